The average Bonchev–Trinajstić information content (AvgIpc) is 2.17. The lowest BCUT2D eigenvalue weighted by molar-refractivity contribution is 0.922. The minimum Gasteiger partial charge on any atom is -0.384 e. The molecule has 0 aliphatic heterocycles. The van der Waals surface area contributed by atoms with E-state index in [1.165, 1.54) is 24.1 Å². The molecule has 0 unspecified atom stereocenters. The number of thiol groups is 1. The molecule has 1 rings (SSSR count). The molecular weight excluding hydrogens is 178 g/mol. The molecule has 72 valence electrons. The van der Waals surface area contributed by atoms with E-state index >= 15 is 0 Å². The molecular formula is C11H17NS. The van der Waals surface area contributed by atoms with E-state index in [1.54, 1.807) is 0 Å². The van der Waals surface area contributed by atoms with Gasteiger partial charge in [0.2, 0.25) is 0 Å². The predicted molar refractivity (Wildman–Crippen MR) is 62.8 cm³/mol. The summed E-state index contributed by atoms with van der Waals surface area (Å²) in [6, 6.07) is 8.64. The zero-order valence-electron chi connectivity index (χ0n) is 8.09. The van der Waals surface area contributed by atoms with Crippen LogP contribution in [0.25, 0.3) is 0 Å². The van der Waals surface area contributed by atoms with Crippen molar-refractivity contribution in [1.29, 1.82) is 0 Å². The van der Waals surface area contributed by atoms with Crippen LogP contribution in [0.2, 0.25) is 0 Å². The molecule has 0 spiro atoms. The van der Waals surface area contributed by atoms with Gasteiger partial charge in [-0.05, 0) is 24.1 Å². The van der Waals surface area contributed by atoms with Crippen LogP contribution in [0.15, 0.2) is 24.3 Å². The van der Waals surface area contributed by atoms with Gasteiger partial charge >= 0.3 is 0 Å². The Labute approximate surface area is 86.0 Å². The minimum atomic E-state index is 0.872. The Bertz CT molecular complexity index is 230. The highest BCUT2D eigenvalue weighted by Gasteiger charge is 1.92. The van der Waals surface area contributed by atoms with Crippen molar-refractivity contribution in [1.82, 2.24) is 0 Å². The zero-order chi connectivity index (χ0) is 9.52. The first-order chi connectivity index (χ1) is 6.36. The molecule has 13 heavy (non-hydrogen) atoms. The van der Waals surface area contributed by atoms with Gasteiger partial charge in [-0.25, -0.2) is 0 Å². The second-order valence-electron chi connectivity index (χ2n) is 3.10. The number of rotatable bonds is 5. The van der Waals surface area contributed by atoms with Gasteiger partial charge in [0.1, 0.15) is 0 Å². The van der Waals surface area contributed by atoms with Crippen molar-refractivity contribution in [3.05, 3.63) is 29.8 Å². The Kier molecular flexibility index (Phi) is 4.76. The highest BCUT2D eigenvalue weighted by molar-refractivity contribution is 7.80. The van der Waals surface area contributed by atoms with Gasteiger partial charge in [0, 0.05) is 18.0 Å². The van der Waals surface area contributed by atoms with Gasteiger partial charge in [-0.3, -0.25) is 0 Å². The summed E-state index contributed by atoms with van der Waals surface area (Å²) in [5.74, 6) is 0.872. The minimum absolute atomic E-state index is 0.872. The van der Waals surface area contributed by atoms with Crippen molar-refractivity contribution in [2.24, 2.45) is 0 Å². The quantitative estimate of drug-likeness (QED) is 0.688. The summed E-state index contributed by atoms with van der Waals surface area (Å²) in [6.45, 7) is 3.13. The smallest absolute Gasteiger partial charge is 0.0340 e. The van der Waals surface area contributed by atoms with E-state index in [2.05, 4.69) is 49.1 Å². The summed E-state index contributed by atoms with van der Waals surface area (Å²) in [7, 11) is 0. The fourth-order valence-corrected chi connectivity index (χ4v) is 1.39. The lowest BCUT2D eigenvalue weighted by Gasteiger charge is -2.05. The molecule has 1 aromatic rings. The van der Waals surface area contributed by atoms with Crippen LogP contribution in [0.4, 0.5) is 5.69 Å². The molecule has 0 amide bonds. The van der Waals surface area contributed by atoms with Crippen LogP contribution in [-0.2, 0) is 6.42 Å². The first kappa shape index (κ1) is 10.5. The maximum atomic E-state index is 4.14. The Morgan fingerprint density at radius 3 is 2.46 bits per heavy atom. The van der Waals surface area contributed by atoms with Gasteiger partial charge in [0.25, 0.3) is 0 Å². The Hall–Kier alpha value is -0.630. The maximum Gasteiger partial charge on any atom is 0.0340 e. The normalized spacial score (nSPS) is 10.0. The molecule has 0 fully saturated rings. The standard InChI is InChI=1S/C11H17NS/c1-2-3-10-4-6-11(7-5-10)12-8-9-13/h4-7,12-13H,2-3,8-9H2,1H3. The van der Waals surface area contributed by atoms with Gasteiger partial charge in [0.05, 0.1) is 0 Å². The summed E-state index contributed by atoms with van der Waals surface area (Å²) in [4.78, 5) is 0. The molecule has 2 heteroatoms. The molecule has 0 saturated carbocycles. The average molecular weight is 195 g/mol. The van der Waals surface area contributed by atoms with E-state index in [4.69, 9.17) is 0 Å². The number of aryl methyl sites for hydroxylation is 1. The third-order valence-electron chi connectivity index (χ3n) is 1.93. The number of hydrogen-bond acceptors (Lipinski definition) is 2. The summed E-state index contributed by atoms with van der Waals surface area (Å²) in [5.41, 5.74) is 2.60. The highest BCUT2D eigenvalue weighted by atomic mass is 32.1. The van der Waals surface area contributed by atoms with Gasteiger partial charge < -0.3 is 5.32 Å². The fourth-order valence-electron chi connectivity index (χ4n) is 1.28. The first-order valence-electron chi connectivity index (χ1n) is 4.80. The summed E-state index contributed by atoms with van der Waals surface area (Å²) < 4.78 is 0. The highest BCUT2D eigenvalue weighted by Crippen LogP contribution is 2.10. The van der Waals surface area contributed by atoms with Crippen molar-refractivity contribution < 1.29 is 0 Å². The fraction of sp³-hybridized carbons (Fsp3) is 0.455. The maximum absolute atomic E-state index is 4.14. The monoisotopic (exact) mass is 195 g/mol. The van der Waals surface area contributed by atoms with Crippen LogP contribution >= 0.6 is 12.6 Å². The van der Waals surface area contributed by atoms with Crippen molar-refractivity contribution in [2.75, 3.05) is 17.6 Å². The van der Waals surface area contributed by atoms with Gasteiger partial charge in [-0.2, -0.15) is 12.6 Å². The van der Waals surface area contributed by atoms with Crippen LogP contribution in [0.1, 0.15) is 18.9 Å². The van der Waals surface area contributed by atoms with Crippen LogP contribution < -0.4 is 5.32 Å². The van der Waals surface area contributed by atoms with E-state index in [-0.39, 0.29) is 0 Å². The Balaban J connectivity index is 2.48. The lowest BCUT2D eigenvalue weighted by Crippen LogP contribution is -2.01. The topological polar surface area (TPSA) is 12.0 Å². The second-order valence-corrected chi connectivity index (χ2v) is 3.54. The predicted octanol–water partition coefficient (Wildman–Crippen LogP) is 2.98. The molecule has 0 bridgehead atoms. The van der Waals surface area contributed by atoms with E-state index < -0.39 is 0 Å². The Morgan fingerprint density at radius 1 is 1.23 bits per heavy atom. The number of hydrogen-bond donors (Lipinski definition) is 2. The van der Waals surface area contributed by atoms with Crippen molar-refractivity contribution >= 4 is 18.3 Å². The molecule has 1 aromatic carbocycles. The molecule has 1 nitrogen and oxygen atoms in total. The first-order valence-corrected chi connectivity index (χ1v) is 5.43. The van der Waals surface area contributed by atoms with E-state index in [0.717, 1.165) is 12.3 Å². The van der Waals surface area contributed by atoms with Crippen LogP contribution in [0.5, 0.6) is 0 Å². The van der Waals surface area contributed by atoms with Crippen LogP contribution in [0.3, 0.4) is 0 Å². The molecule has 0 atom stereocenters. The second kappa shape index (κ2) is 5.92. The zero-order valence-corrected chi connectivity index (χ0v) is 8.98. The summed E-state index contributed by atoms with van der Waals surface area (Å²) >= 11 is 4.14. The molecule has 0 aliphatic carbocycles. The van der Waals surface area contributed by atoms with Crippen molar-refractivity contribution in [3.8, 4) is 0 Å². The molecule has 0 heterocycles. The van der Waals surface area contributed by atoms with E-state index in [1.807, 2.05) is 0 Å². The van der Waals surface area contributed by atoms with Crippen LogP contribution in [-0.4, -0.2) is 12.3 Å². The van der Waals surface area contributed by atoms with E-state index in [9.17, 15) is 0 Å². The largest absolute Gasteiger partial charge is 0.384 e. The molecule has 0 aromatic heterocycles. The molecule has 0 saturated heterocycles. The van der Waals surface area contributed by atoms with E-state index in [0.29, 0.717) is 0 Å². The third-order valence-corrected chi connectivity index (χ3v) is 2.16. The van der Waals surface area contributed by atoms with Gasteiger partial charge in [-0.15, -0.1) is 0 Å². The SMILES string of the molecule is CCCc1ccc(NCCS)cc1. The molecule has 0 aliphatic rings. The number of benzene rings is 1. The number of anilines is 1. The summed E-state index contributed by atoms with van der Waals surface area (Å²) in [5, 5.41) is 3.29. The van der Waals surface area contributed by atoms with Gasteiger partial charge in [0.15, 0.2) is 0 Å². The number of nitrogens with one attached hydrogen (secondary N) is 1. The van der Waals surface area contributed by atoms with Crippen LogP contribution in [0, 0.1) is 0 Å². The molecule has 0 radical (unpaired) electrons. The third kappa shape index (κ3) is 3.73. The van der Waals surface area contributed by atoms with Gasteiger partial charge in [-0.1, -0.05) is 25.5 Å². The summed E-state index contributed by atoms with van der Waals surface area (Å²) in [6.07, 6.45) is 2.39. The van der Waals surface area contributed by atoms with Crippen molar-refractivity contribution in [2.45, 2.75) is 19.8 Å². The van der Waals surface area contributed by atoms with Crippen molar-refractivity contribution in [3.63, 3.8) is 0 Å². The Morgan fingerprint density at radius 2 is 1.92 bits per heavy atom. The molecule has 1 N–H and O–H groups in total. The lowest BCUT2D eigenvalue weighted by atomic mass is 10.1.